The molecule has 0 aliphatic carbocycles. The largest absolute Gasteiger partial charge is 0.416 e. The highest BCUT2D eigenvalue weighted by molar-refractivity contribution is 7.99. The van der Waals surface area contributed by atoms with Gasteiger partial charge in [0, 0.05) is 6.07 Å². The van der Waals surface area contributed by atoms with Crippen LogP contribution < -0.4 is 5.14 Å². The van der Waals surface area contributed by atoms with Crippen LogP contribution >= 0.6 is 0 Å². The second-order valence-electron chi connectivity index (χ2n) is 6.13. The molecule has 6 nitrogen and oxygen atoms in total. The monoisotopic (exact) mass is 409 g/mol. The van der Waals surface area contributed by atoms with Gasteiger partial charge >= 0.3 is 6.18 Å². The van der Waals surface area contributed by atoms with Gasteiger partial charge < -0.3 is 4.90 Å². The topological polar surface area (TPSA) is 89.5 Å². The molecule has 0 saturated carbocycles. The number of rotatable bonds is 10. The van der Waals surface area contributed by atoms with E-state index < -0.39 is 32.1 Å². The maximum absolute atomic E-state index is 12.8. The molecule has 0 bridgehead atoms. The molecule has 27 heavy (non-hydrogen) atoms. The van der Waals surface area contributed by atoms with Gasteiger partial charge in [0.1, 0.15) is 4.90 Å². The molecule has 0 saturated heterocycles. The summed E-state index contributed by atoms with van der Waals surface area (Å²) in [5.41, 5.74) is -2.06. The lowest BCUT2D eigenvalue weighted by Gasteiger charge is -2.17. The molecular weight excluding hydrogens is 383 g/mol. The number of benzene rings is 1. The number of nitrogens with two attached hydrogens (primary N) is 1. The van der Waals surface area contributed by atoms with Gasteiger partial charge in [-0.15, -0.1) is 0 Å². The van der Waals surface area contributed by atoms with Crippen LogP contribution in [0.4, 0.5) is 18.9 Å². The van der Waals surface area contributed by atoms with Crippen molar-refractivity contribution in [2.45, 2.75) is 50.6 Å². The third kappa shape index (κ3) is 7.11. The summed E-state index contributed by atoms with van der Waals surface area (Å²) in [6.07, 6.45) is -1.83. The maximum atomic E-state index is 12.8. The lowest BCUT2D eigenvalue weighted by Crippen LogP contribution is -2.23. The number of halogens is 3. The van der Waals surface area contributed by atoms with Crippen molar-refractivity contribution >= 4 is 20.8 Å². The van der Waals surface area contributed by atoms with E-state index in [0.29, 0.717) is 25.0 Å². The van der Waals surface area contributed by atoms with Crippen molar-refractivity contribution in [1.82, 2.24) is 4.90 Å². The zero-order valence-corrected chi connectivity index (χ0v) is 16.3. The lowest BCUT2D eigenvalue weighted by molar-refractivity contribution is -0.388. The highest BCUT2D eigenvalue weighted by atomic mass is 32.2. The van der Waals surface area contributed by atoms with Gasteiger partial charge in [0.2, 0.25) is 0 Å². The zero-order chi connectivity index (χ0) is 20.7. The van der Waals surface area contributed by atoms with E-state index >= 15 is 0 Å². The second-order valence-corrected chi connectivity index (χ2v) is 8.20. The van der Waals surface area contributed by atoms with Crippen LogP contribution in [0.2, 0.25) is 0 Å². The second kappa shape index (κ2) is 10.0. The molecule has 0 fully saturated rings. The van der Waals surface area contributed by atoms with Gasteiger partial charge in [0.15, 0.2) is 0 Å². The summed E-state index contributed by atoms with van der Waals surface area (Å²) in [5.74, 6) is 0. The molecule has 0 aliphatic rings. The van der Waals surface area contributed by atoms with Crippen LogP contribution in [0.25, 0.3) is 0 Å². The predicted molar refractivity (Wildman–Crippen MR) is 101 cm³/mol. The molecule has 1 rings (SSSR count). The summed E-state index contributed by atoms with van der Waals surface area (Å²) in [4.78, 5) is 12.0. The first-order chi connectivity index (χ1) is 12.5. The van der Waals surface area contributed by atoms with Gasteiger partial charge in [-0.2, -0.15) is 13.2 Å². The standard InChI is InChI=1S/C17H26F3N3O3S/c1-3-22(4-2)11-7-5-6-8-12-27(21,26)16-10-9-14(17(18,19)20)13-15(16)23(24)25/h9-10,12-13H,3-8,11H2,1-2H3,(H2,21,26). The Hall–Kier alpha value is -1.65. The van der Waals surface area contributed by atoms with Crippen molar-refractivity contribution in [1.29, 1.82) is 0 Å². The Morgan fingerprint density at radius 2 is 1.85 bits per heavy atom. The Morgan fingerprint density at radius 1 is 1.22 bits per heavy atom. The normalized spacial score (nSPS) is 14.2. The van der Waals surface area contributed by atoms with Crippen LogP contribution in [-0.2, 0) is 15.9 Å². The van der Waals surface area contributed by atoms with Crippen molar-refractivity contribution < 1.29 is 22.3 Å². The third-order valence-corrected chi connectivity index (χ3v) is 6.03. The molecule has 0 heterocycles. The van der Waals surface area contributed by atoms with Gasteiger partial charge in [-0.25, -0.2) is 4.21 Å². The zero-order valence-electron chi connectivity index (χ0n) is 15.5. The minimum Gasteiger partial charge on any atom is -0.304 e. The molecule has 0 spiro atoms. The van der Waals surface area contributed by atoms with Crippen molar-refractivity contribution in [3.05, 3.63) is 33.9 Å². The van der Waals surface area contributed by atoms with Crippen molar-refractivity contribution in [3.63, 3.8) is 0 Å². The number of alkyl halides is 3. The summed E-state index contributed by atoms with van der Waals surface area (Å²) in [7, 11) is -3.41. The van der Waals surface area contributed by atoms with E-state index in [-0.39, 0.29) is 4.90 Å². The first kappa shape index (κ1) is 23.4. The van der Waals surface area contributed by atoms with Crippen LogP contribution in [0.5, 0.6) is 0 Å². The van der Waals surface area contributed by atoms with E-state index in [1.807, 2.05) is 0 Å². The lowest BCUT2D eigenvalue weighted by atomic mass is 10.2. The van der Waals surface area contributed by atoms with E-state index in [1.165, 1.54) is 5.37 Å². The number of nitro benzene ring substituents is 1. The van der Waals surface area contributed by atoms with Crippen molar-refractivity contribution in [2.75, 3.05) is 19.6 Å². The molecule has 10 heteroatoms. The number of nitrogens with zero attached hydrogens (tertiary/aromatic N) is 2. The molecule has 0 aliphatic heterocycles. The molecule has 154 valence electrons. The summed E-state index contributed by atoms with van der Waals surface area (Å²) < 4.78 is 50.9. The number of hydrogen-bond acceptors (Lipinski definition) is 4. The minimum absolute atomic E-state index is 0.367. The van der Waals surface area contributed by atoms with E-state index in [2.05, 4.69) is 18.7 Å². The van der Waals surface area contributed by atoms with Crippen LogP contribution in [0.3, 0.4) is 0 Å². The predicted octanol–water partition coefficient (Wildman–Crippen LogP) is 3.84. The molecule has 1 unspecified atom stereocenters. The minimum atomic E-state index is -4.73. The first-order valence-corrected chi connectivity index (χ1v) is 10.4. The molecule has 0 aromatic heterocycles. The SMILES string of the molecule is CCN(CC)CCCCCC=S(N)(=O)c1ccc(C(F)(F)F)cc1[N+](=O)[O-]. The van der Waals surface area contributed by atoms with Gasteiger partial charge in [0.25, 0.3) is 5.69 Å². The summed E-state index contributed by atoms with van der Waals surface area (Å²) in [6.45, 7) is 7.05. The Bertz CT molecular complexity index is 756. The molecule has 0 amide bonds. The highest BCUT2D eigenvalue weighted by Crippen LogP contribution is 2.34. The summed E-state index contributed by atoms with van der Waals surface area (Å²) >= 11 is 0. The van der Waals surface area contributed by atoms with Crippen molar-refractivity contribution in [2.24, 2.45) is 5.14 Å². The van der Waals surface area contributed by atoms with Gasteiger partial charge in [-0.1, -0.05) is 20.3 Å². The van der Waals surface area contributed by atoms with Crippen LogP contribution in [-0.4, -0.2) is 39.0 Å². The van der Waals surface area contributed by atoms with Gasteiger partial charge in [0.05, 0.1) is 20.2 Å². The average Bonchev–Trinajstić information content (AvgIpc) is 2.59. The van der Waals surface area contributed by atoms with E-state index in [1.54, 1.807) is 0 Å². The summed E-state index contributed by atoms with van der Waals surface area (Å²) in [5, 5.41) is 18.1. The smallest absolute Gasteiger partial charge is 0.304 e. The van der Waals surface area contributed by atoms with Crippen LogP contribution in [0.1, 0.15) is 45.1 Å². The van der Waals surface area contributed by atoms with Crippen LogP contribution in [0, 0.1) is 10.1 Å². The maximum Gasteiger partial charge on any atom is 0.416 e. The first-order valence-electron chi connectivity index (χ1n) is 8.76. The molecule has 1 aromatic rings. The fourth-order valence-electron chi connectivity index (χ4n) is 2.65. The fourth-order valence-corrected chi connectivity index (χ4v) is 4.09. The molecule has 0 radical (unpaired) electrons. The molecule has 1 aromatic carbocycles. The Labute approximate surface area is 157 Å². The van der Waals surface area contributed by atoms with Gasteiger partial charge in [-0.05, 0) is 56.4 Å². The molecular formula is C17H26F3N3O3S. The molecule has 2 N–H and O–H groups in total. The van der Waals surface area contributed by atoms with E-state index in [4.69, 9.17) is 5.14 Å². The molecule has 1 atom stereocenters. The third-order valence-electron chi connectivity index (χ3n) is 4.27. The summed E-state index contributed by atoms with van der Waals surface area (Å²) in [6, 6.07) is 1.87. The number of nitro groups is 1. The highest BCUT2D eigenvalue weighted by Gasteiger charge is 2.34. The van der Waals surface area contributed by atoms with Gasteiger partial charge in [-0.3, -0.25) is 15.3 Å². The Morgan fingerprint density at radius 3 is 2.37 bits per heavy atom. The van der Waals surface area contributed by atoms with Crippen LogP contribution in [0.15, 0.2) is 23.1 Å². The number of hydrogen-bond donors (Lipinski definition) is 1. The Kier molecular flexibility index (Phi) is 8.70. The average molecular weight is 409 g/mol. The van der Waals surface area contributed by atoms with E-state index in [0.717, 1.165) is 38.5 Å². The van der Waals surface area contributed by atoms with E-state index in [9.17, 15) is 27.5 Å². The van der Waals surface area contributed by atoms with Crippen molar-refractivity contribution in [3.8, 4) is 0 Å². The quantitative estimate of drug-likeness (QED) is 0.275. The number of unbranched alkanes of at least 4 members (excludes halogenated alkanes) is 3. The Balaban J connectivity index is 2.86. The fraction of sp³-hybridized carbons (Fsp3) is 0.588.